The average Bonchev–Trinajstić information content (AvgIpc) is 2.72. The highest BCUT2D eigenvalue weighted by molar-refractivity contribution is 5.45. The molecule has 0 saturated carbocycles. The summed E-state index contributed by atoms with van der Waals surface area (Å²) in [5.74, 6) is 0.768. The summed E-state index contributed by atoms with van der Waals surface area (Å²) < 4.78 is 5.75. The molecule has 0 aliphatic rings. The zero-order chi connectivity index (χ0) is 19.1. The molecule has 0 fully saturated rings. The zero-order valence-corrected chi connectivity index (χ0v) is 15.2. The highest BCUT2D eigenvalue weighted by Crippen LogP contribution is 2.17. The third-order valence-corrected chi connectivity index (χ3v) is 4.33. The van der Waals surface area contributed by atoms with Crippen molar-refractivity contribution >= 4 is 11.4 Å². The lowest BCUT2D eigenvalue weighted by Crippen LogP contribution is -2.00. The van der Waals surface area contributed by atoms with Crippen LogP contribution < -0.4 is 10.1 Å². The van der Waals surface area contributed by atoms with E-state index in [4.69, 9.17) is 4.74 Å². The Morgan fingerprint density at radius 2 is 1.44 bits per heavy atom. The molecule has 27 heavy (non-hydrogen) atoms. The Balaban J connectivity index is 1.49. The molecule has 0 aromatic heterocycles. The van der Waals surface area contributed by atoms with Crippen LogP contribution in [0, 0.1) is 10.1 Å². The lowest BCUT2D eigenvalue weighted by molar-refractivity contribution is -0.384. The molecule has 1 N–H and O–H groups in total. The molecule has 0 unspecified atom stereocenters. The van der Waals surface area contributed by atoms with E-state index >= 15 is 0 Å². The van der Waals surface area contributed by atoms with Gasteiger partial charge in [0.05, 0.1) is 4.92 Å². The van der Waals surface area contributed by atoms with Crippen LogP contribution in [0.15, 0.2) is 72.8 Å². The van der Waals surface area contributed by atoms with Crippen molar-refractivity contribution in [1.82, 2.24) is 0 Å². The first-order valence-electron chi connectivity index (χ1n) is 8.92. The molecule has 5 nitrogen and oxygen atoms in total. The zero-order valence-electron chi connectivity index (χ0n) is 15.2. The molecule has 0 amide bonds. The van der Waals surface area contributed by atoms with Crippen molar-refractivity contribution < 1.29 is 9.66 Å². The number of rotatable bonds is 8. The number of ether oxygens (including phenoxy) is 1. The third kappa shape index (κ3) is 5.31. The van der Waals surface area contributed by atoms with Gasteiger partial charge in [-0.1, -0.05) is 31.2 Å². The van der Waals surface area contributed by atoms with E-state index in [1.165, 1.54) is 17.7 Å². The first-order valence-corrected chi connectivity index (χ1v) is 8.92. The van der Waals surface area contributed by atoms with Crippen molar-refractivity contribution in [3.8, 4) is 5.75 Å². The molecular formula is C22H22N2O3. The molecule has 5 heteroatoms. The molecule has 0 heterocycles. The van der Waals surface area contributed by atoms with Gasteiger partial charge < -0.3 is 10.1 Å². The van der Waals surface area contributed by atoms with Crippen LogP contribution in [0.1, 0.15) is 23.6 Å². The maximum Gasteiger partial charge on any atom is 0.269 e. The van der Waals surface area contributed by atoms with Crippen LogP contribution in [0.2, 0.25) is 0 Å². The van der Waals surface area contributed by atoms with Gasteiger partial charge in [-0.15, -0.1) is 0 Å². The minimum Gasteiger partial charge on any atom is -0.489 e. The molecule has 138 valence electrons. The summed E-state index contributed by atoms with van der Waals surface area (Å²) in [4.78, 5) is 10.3. The van der Waals surface area contributed by atoms with Gasteiger partial charge in [0.2, 0.25) is 0 Å². The summed E-state index contributed by atoms with van der Waals surface area (Å²) in [6, 6.07) is 22.8. The van der Waals surface area contributed by atoms with Gasteiger partial charge >= 0.3 is 0 Å². The third-order valence-electron chi connectivity index (χ3n) is 4.33. The molecule has 0 aliphatic heterocycles. The van der Waals surface area contributed by atoms with E-state index in [-0.39, 0.29) is 5.69 Å². The molecule has 0 bridgehead atoms. The molecule has 3 aromatic rings. The first-order chi connectivity index (χ1) is 13.1. The van der Waals surface area contributed by atoms with Gasteiger partial charge in [-0.3, -0.25) is 10.1 Å². The monoisotopic (exact) mass is 362 g/mol. The number of nitrogens with zero attached hydrogens (tertiary/aromatic N) is 1. The number of aryl methyl sites for hydroxylation is 1. The molecule has 3 aromatic carbocycles. The Morgan fingerprint density at radius 3 is 2.04 bits per heavy atom. The summed E-state index contributed by atoms with van der Waals surface area (Å²) in [6.07, 6.45) is 1.04. The number of benzene rings is 3. The lowest BCUT2D eigenvalue weighted by atomic mass is 10.1. The largest absolute Gasteiger partial charge is 0.489 e. The van der Waals surface area contributed by atoms with Crippen LogP contribution in [0.5, 0.6) is 5.75 Å². The van der Waals surface area contributed by atoms with Crippen molar-refractivity contribution in [2.75, 3.05) is 5.32 Å². The van der Waals surface area contributed by atoms with E-state index in [1.807, 2.05) is 24.3 Å². The number of nitro benzene ring substituents is 1. The van der Waals surface area contributed by atoms with Gasteiger partial charge in [-0.2, -0.15) is 0 Å². The van der Waals surface area contributed by atoms with Crippen LogP contribution >= 0.6 is 0 Å². The summed E-state index contributed by atoms with van der Waals surface area (Å²) >= 11 is 0. The predicted octanol–water partition coefficient (Wildman–Crippen LogP) is 5.35. The summed E-state index contributed by atoms with van der Waals surface area (Å²) in [5.41, 5.74) is 4.57. The van der Waals surface area contributed by atoms with E-state index in [1.54, 1.807) is 12.1 Å². The van der Waals surface area contributed by atoms with Crippen molar-refractivity contribution in [3.63, 3.8) is 0 Å². The number of hydrogen-bond donors (Lipinski definition) is 1. The van der Waals surface area contributed by atoms with Gasteiger partial charge in [0, 0.05) is 24.4 Å². The Morgan fingerprint density at radius 1 is 0.852 bits per heavy atom. The fourth-order valence-electron chi connectivity index (χ4n) is 2.65. The van der Waals surface area contributed by atoms with Crippen molar-refractivity contribution in [2.24, 2.45) is 0 Å². The topological polar surface area (TPSA) is 64.4 Å². The molecule has 0 aliphatic carbocycles. The van der Waals surface area contributed by atoms with E-state index < -0.39 is 4.92 Å². The van der Waals surface area contributed by atoms with Crippen molar-refractivity contribution in [2.45, 2.75) is 26.5 Å². The minimum atomic E-state index is -0.407. The van der Waals surface area contributed by atoms with Crippen molar-refractivity contribution in [3.05, 3.63) is 99.6 Å². The second-order valence-corrected chi connectivity index (χ2v) is 6.26. The highest BCUT2D eigenvalue weighted by Gasteiger charge is 2.04. The SMILES string of the molecule is CCc1ccc(NCc2ccc(OCc3ccc([N+](=O)[O-])cc3)cc2)cc1. The highest BCUT2D eigenvalue weighted by atomic mass is 16.6. The smallest absolute Gasteiger partial charge is 0.269 e. The Kier molecular flexibility index (Phi) is 6.05. The Labute approximate surface area is 158 Å². The first kappa shape index (κ1) is 18.5. The standard InChI is InChI=1S/C22H22N2O3/c1-2-17-3-9-20(10-4-17)23-15-18-7-13-22(14-8-18)27-16-19-5-11-21(12-6-19)24(25)26/h3-14,23H,2,15-16H2,1H3. The fraction of sp³-hybridized carbons (Fsp3) is 0.182. The van der Waals surface area contributed by atoms with Gasteiger partial charge in [0.25, 0.3) is 5.69 Å². The Bertz CT molecular complexity index is 873. The fourth-order valence-corrected chi connectivity index (χ4v) is 2.65. The van der Waals surface area contributed by atoms with Gasteiger partial charge in [0.1, 0.15) is 12.4 Å². The number of hydrogen-bond acceptors (Lipinski definition) is 4. The molecular weight excluding hydrogens is 340 g/mol. The van der Waals surface area contributed by atoms with Crippen molar-refractivity contribution in [1.29, 1.82) is 0 Å². The number of nitrogens with one attached hydrogen (secondary N) is 1. The normalized spacial score (nSPS) is 10.4. The number of non-ortho nitro benzene ring substituents is 1. The molecule has 0 spiro atoms. The molecule has 0 saturated heterocycles. The van der Waals surface area contributed by atoms with E-state index in [9.17, 15) is 10.1 Å². The van der Waals surface area contributed by atoms with Gasteiger partial charge in [0.15, 0.2) is 0 Å². The maximum absolute atomic E-state index is 10.7. The predicted molar refractivity (Wildman–Crippen MR) is 107 cm³/mol. The number of anilines is 1. The van der Waals surface area contributed by atoms with Crippen LogP contribution in [-0.4, -0.2) is 4.92 Å². The molecule has 0 radical (unpaired) electrons. The quantitative estimate of drug-likeness (QED) is 0.433. The lowest BCUT2D eigenvalue weighted by Gasteiger charge is -2.09. The maximum atomic E-state index is 10.7. The van der Waals surface area contributed by atoms with Crippen LogP contribution in [0.4, 0.5) is 11.4 Å². The van der Waals surface area contributed by atoms with E-state index in [0.29, 0.717) is 6.61 Å². The van der Waals surface area contributed by atoms with Gasteiger partial charge in [-0.05, 0) is 59.5 Å². The minimum absolute atomic E-state index is 0.0833. The van der Waals surface area contributed by atoms with E-state index in [2.05, 4.69) is 36.5 Å². The van der Waals surface area contributed by atoms with Crippen LogP contribution in [-0.2, 0) is 19.6 Å². The van der Waals surface area contributed by atoms with Gasteiger partial charge in [-0.25, -0.2) is 0 Å². The summed E-state index contributed by atoms with van der Waals surface area (Å²) in [7, 11) is 0. The Hall–Kier alpha value is -3.34. The second-order valence-electron chi connectivity index (χ2n) is 6.26. The number of nitro groups is 1. The van der Waals surface area contributed by atoms with E-state index in [0.717, 1.165) is 35.5 Å². The molecule has 3 rings (SSSR count). The summed E-state index contributed by atoms with van der Waals surface area (Å²) in [6.45, 7) is 3.27. The second kappa shape index (κ2) is 8.85. The summed E-state index contributed by atoms with van der Waals surface area (Å²) in [5, 5.41) is 14.1. The molecule has 0 atom stereocenters. The van der Waals surface area contributed by atoms with Crippen LogP contribution in [0.25, 0.3) is 0 Å². The average molecular weight is 362 g/mol. The van der Waals surface area contributed by atoms with Crippen LogP contribution in [0.3, 0.4) is 0 Å².